The van der Waals surface area contributed by atoms with Gasteiger partial charge in [0, 0.05) is 29.7 Å². The molecule has 2 atom stereocenters. The number of hydrogen-bond donors (Lipinski definition) is 2. The number of hydrogen-bond acceptors (Lipinski definition) is 0. The van der Waals surface area contributed by atoms with Gasteiger partial charge >= 0.3 is 0 Å². The lowest BCUT2D eigenvalue weighted by molar-refractivity contribution is 0.280. The molecule has 3 rings (SSSR count). The first kappa shape index (κ1) is 28.5. The Hall–Kier alpha value is -1.10. The SMILES string of the molecule is CC(C)(C)C1=CC(C(P)(c2ccc[nH]2)c2ccc[nH]2)=C(CP(C(C)(C)C)C(C)(C)C)C1C(C)(C)C. The second-order valence-electron chi connectivity index (χ2n) is 14.5. The molecule has 1 aliphatic carbocycles. The number of allylic oxidation sites excluding steroid dienone is 4. The van der Waals surface area contributed by atoms with E-state index in [-0.39, 0.29) is 34.2 Å². The molecule has 2 aromatic rings. The third kappa shape index (κ3) is 5.60. The summed E-state index contributed by atoms with van der Waals surface area (Å²) in [5.74, 6) is 0.414. The molecule has 0 saturated heterocycles. The average molecular weight is 513 g/mol. The zero-order valence-corrected chi connectivity index (χ0v) is 26.4. The van der Waals surface area contributed by atoms with Crippen molar-refractivity contribution >= 4 is 17.2 Å². The van der Waals surface area contributed by atoms with Crippen molar-refractivity contribution < 1.29 is 0 Å². The second kappa shape index (κ2) is 9.33. The fourth-order valence-electron chi connectivity index (χ4n) is 6.09. The molecule has 35 heavy (non-hydrogen) atoms. The predicted molar refractivity (Wildman–Crippen MR) is 161 cm³/mol. The number of nitrogens with one attached hydrogen (secondary N) is 2. The van der Waals surface area contributed by atoms with Crippen LogP contribution in [0.3, 0.4) is 0 Å². The first-order valence-electron chi connectivity index (χ1n) is 13.1. The van der Waals surface area contributed by atoms with Crippen molar-refractivity contribution in [1.29, 1.82) is 0 Å². The molecule has 2 N–H and O–H groups in total. The molecule has 0 bridgehead atoms. The molecule has 0 aliphatic heterocycles. The number of rotatable bonds is 5. The highest BCUT2D eigenvalue weighted by atomic mass is 31.1. The highest BCUT2D eigenvalue weighted by Gasteiger charge is 2.48. The zero-order valence-electron chi connectivity index (χ0n) is 24.4. The Balaban J connectivity index is 2.40. The summed E-state index contributed by atoms with van der Waals surface area (Å²) in [6.07, 6.45) is 7.85. The van der Waals surface area contributed by atoms with E-state index >= 15 is 0 Å². The summed E-state index contributed by atoms with van der Waals surface area (Å²) in [6, 6.07) is 8.73. The van der Waals surface area contributed by atoms with Crippen molar-refractivity contribution in [3.63, 3.8) is 0 Å². The van der Waals surface area contributed by atoms with E-state index in [4.69, 9.17) is 0 Å². The van der Waals surface area contributed by atoms with Gasteiger partial charge in [0.15, 0.2) is 0 Å². The highest BCUT2D eigenvalue weighted by molar-refractivity contribution is 7.61. The van der Waals surface area contributed by atoms with Gasteiger partial charge < -0.3 is 9.97 Å². The van der Waals surface area contributed by atoms with Crippen molar-refractivity contribution in [2.24, 2.45) is 16.7 Å². The molecule has 4 heteroatoms. The lowest BCUT2D eigenvalue weighted by Crippen LogP contribution is -2.33. The Labute approximate surface area is 219 Å². The van der Waals surface area contributed by atoms with Crippen LogP contribution in [-0.4, -0.2) is 26.4 Å². The zero-order chi connectivity index (χ0) is 26.6. The minimum atomic E-state index is -0.352. The van der Waals surface area contributed by atoms with Crippen molar-refractivity contribution in [2.75, 3.05) is 6.16 Å². The number of aromatic amines is 2. The smallest absolute Gasteiger partial charge is 0.0888 e. The summed E-state index contributed by atoms with van der Waals surface area (Å²) in [5, 5.41) is 0.178. The Morgan fingerprint density at radius 3 is 1.54 bits per heavy atom. The van der Waals surface area contributed by atoms with Crippen LogP contribution in [0.15, 0.2) is 59.5 Å². The van der Waals surface area contributed by atoms with Crippen LogP contribution in [0.2, 0.25) is 0 Å². The topological polar surface area (TPSA) is 31.6 Å². The molecule has 0 amide bonds. The molecule has 2 unspecified atom stereocenters. The van der Waals surface area contributed by atoms with E-state index in [1.54, 1.807) is 11.1 Å². The van der Waals surface area contributed by atoms with Gasteiger partial charge in [0.1, 0.15) is 0 Å². The summed E-state index contributed by atoms with van der Waals surface area (Å²) in [6.45, 7) is 29.2. The highest BCUT2D eigenvalue weighted by Crippen LogP contribution is 2.65. The third-order valence-electron chi connectivity index (χ3n) is 7.46. The van der Waals surface area contributed by atoms with Crippen LogP contribution >= 0.6 is 17.2 Å². The minimum absolute atomic E-state index is 0.0915. The Morgan fingerprint density at radius 1 is 0.771 bits per heavy atom. The third-order valence-corrected chi connectivity index (χ3v) is 12.3. The lowest BCUT2D eigenvalue weighted by Gasteiger charge is -2.45. The molecule has 0 fully saturated rings. The average Bonchev–Trinajstić information content (AvgIpc) is 3.43. The van der Waals surface area contributed by atoms with Gasteiger partial charge in [-0.2, -0.15) is 0 Å². The van der Waals surface area contributed by atoms with Crippen LogP contribution in [0.25, 0.3) is 0 Å². The van der Waals surface area contributed by atoms with Crippen LogP contribution < -0.4 is 0 Å². The van der Waals surface area contributed by atoms with E-state index in [1.165, 1.54) is 17.0 Å². The van der Waals surface area contributed by atoms with Crippen LogP contribution in [0, 0.1) is 16.7 Å². The first-order chi connectivity index (χ1) is 15.8. The Morgan fingerprint density at radius 2 is 1.23 bits per heavy atom. The van der Waals surface area contributed by atoms with Crippen LogP contribution in [0.4, 0.5) is 0 Å². The number of aromatic nitrogens is 2. The van der Waals surface area contributed by atoms with Gasteiger partial charge in [0.25, 0.3) is 0 Å². The molecule has 2 aromatic heterocycles. The summed E-state index contributed by atoms with van der Waals surface area (Å²) >= 11 is 0. The van der Waals surface area contributed by atoms with Gasteiger partial charge in [-0.3, -0.25) is 0 Å². The molecule has 1 aliphatic rings. The Kier molecular flexibility index (Phi) is 7.59. The van der Waals surface area contributed by atoms with Crippen molar-refractivity contribution in [1.82, 2.24) is 9.97 Å². The molecular formula is C31H50N2P2. The standard InChI is InChI=1S/C31H50N2P2/c1-27(2,3)23-19-22(31(34,24-15-13-17-32-24)25-16-14-18-33-25)21(26(23)28(4,5)6)20-35(29(7,8)9)30(10,11)12/h13-19,26,32-33H,20,34H2,1-12H3. The van der Waals surface area contributed by atoms with E-state index in [9.17, 15) is 0 Å². The second-order valence-corrected chi connectivity index (χ2v) is 19.2. The van der Waals surface area contributed by atoms with Crippen LogP contribution in [-0.2, 0) is 5.16 Å². The maximum Gasteiger partial charge on any atom is 0.0888 e. The van der Waals surface area contributed by atoms with Crippen LogP contribution in [0.1, 0.15) is 94.5 Å². The van der Waals surface area contributed by atoms with E-state index in [0.29, 0.717) is 5.92 Å². The molecule has 0 radical (unpaired) electrons. The van der Waals surface area contributed by atoms with Crippen LogP contribution in [0.5, 0.6) is 0 Å². The van der Waals surface area contributed by atoms with Crippen molar-refractivity contribution in [3.05, 3.63) is 70.8 Å². The van der Waals surface area contributed by atoms with Gasteiger partial charge in [-0.15, -0.1) is 9.24 Å². The fourth-order valence-corrected chi connectivity index (χ4v) is 10.4. The van der Waals surface area contributed by atoms with Gasteiger partial charge in [-0.25, -0.2) is 0 Å². The van der Waals surface area contributed by atoms with E-state index in [1.807, 2.05) is 0 Å². The molecule has 0 saturated carbocycles. The van der Waals surface area contributed by atoms with Crippen molar-refractivity contribution in [2.45, 2.75) is 98.6 Å². The quantitative estimate of drug-likeness (QED) is 0.374. The largest absolute Gasteiger partial charge is 0.364 e. The van der Waals surface area contributed by atoms with Gasteiger partial charge in [-0.05, 0) is 57.1 Å². The maximum atomic E-state index is 3.59. The summed E-state index contributed by atoms with van der Waals surface area (Å²) in [4.78, 5) is 7.17. The van der Waals surface area contributed by atoms with Crippen molar-refractivity contribution in [3.8, 4) is 0 Å². The molecule has 0 aromatic carbocycles. The fraction of sp³-hybridized carbons (Fsp3) is 0.613. The minimum Gasteiger partial charge on any atom is -0.364 e. The molecular weight excluding hydrogens is 462 g/mol. The van der Waals surface area contributed by atoms with E-state index in [0.717, 1.165) is 6.16 Å². The molecule has 2 heterocycles. The maximum absolute atomic E-state index is 3.59. The first-order valence-corrected chi connectivity index (χ1v) is 15.2. The molecule has 2 nitrogen and oxygen atoms in total. The molecule has 194 valence electrons. The van der Waals surface area contributed by atoms with E-state index in [2.05, 4.69) is 145 Å². The van der Waals surface area contributed by atoms with Gasteiger partial charge in [0.2, 0.25) is 0 Å². The normalized spacial score (nSPS) is 18.6. The summed E-state index contributed by atoms with van der Waals surface area (Å²) in [5.41, 5.74) is 7.31. The van der Waals surface area contributed by atoms with Gasteiger partial charge in [-0.1, -0.05) is 108 Å². The predicted octanol–water partition coefficient (Wildman–Crippen LogP) is 9.49. The summed E-state index contributed by atoms with van der Waals surface area (Å²) in [7, 11) is 2.98. The van der Waals surface area contributed by atoms with E-state index < -0.39 is 0 Å². The lowest BCUT2D eigenvalue weighted by atomic mass is 9.67. The molecule has 0 spiro atoms. The van der Waals surface area contributed by atoms with Gasteiger partial charge in [0.05, 0.1) is 5.16 Å². The Bertz CT molecular complexity index is 1010. The number of H-pyrrole nitrogens is 2. The summed E-state index contributed by atoms with van der Waals surface area (Å²) < 4.78 is 0. The monoisotopic (exact) mass is 512 g/mol.